The summed E-state index contributed by atoms with van der Waals surface area (Å²) in [4.78, 5) is 2.24. The van der Waals surface area contributed by atoms with E-state index >= 15 is 0 Å². The Hall–Kier alpha value is -0.970. The number of likely N-dealkylation sites (tertiary alicyclic amines) is 1. The van der Waals surface area contributed by atoms with E-state index in [2.05, 4.69) is 11.8 Å². The highest BCUT2D eigenvalue weighted by Crippen LogP contribution is 2.28. The van der Waals surface area contributed by atoms with Crippen LogP contribution in [0.3, 0.4) is 0 Å². The fourth-order valence-electron chi connectivity index (χ4n) is 2.87. The molecule has 106 valence electrons. The highest BCUT2D eigenvalue weighted by atomic mass is 19.1. The number of rotatable bonds is 4. The zero-order valence-corrected chi connectivity index (χ0v) is 11.7. The molecule has 3 atom stereocenters. The third-order valence-electron chi connectivity index (χ3n) is 4.15. The lowest BCUT2D eigenvalue weighted by Crippen LogP contribution is -2.47. The van der Waals surface area contributed by atoms with E-state index < -0.39 is 0 Å². The molecule has 1 fully saturated rings. The Balaban J connectivity index is 2.16. The van der Waals surface area contributed by atoms with E-state index in [0.29, 0.717) is 18.0 Å². The normalized spacial score (nSPS) is 26.3. The van der Waals surface area contributed by atoms with E-state index in [0.717, 1.165) is 19.5 Å². The molecule has 0 aliphatic carbocycles. The predicted octanol–water partition coefficient (Wildman–Crippen LogP) is 2.18. The van der Waals surface area contributed by atoms with Crippen LogP contribution in [0.2, 0.25) is 0 Å². The van der Waals surface area contributed by atoms with Gasteiger partial charge in [0.15, 0.2) is 0 Å². The molecule has 0 amide bonds. The van der Waals surface area contributed by atoms with Gasteiger partial charge in [0, 0.05) is 25.8 Å². The Morgan fingerprint density at radius 2 is 2.21 bits per heavy atom. The summed E-state index contributed by atoms with van der Waals surface area (Å²) >= 11 is 0. The second-order valence-electron chi connectivity index (χ2n) is 5.31. The van der Waals surface area contributed by atoms with Crippen LogP contribution in [0.15, 0.2) is 24.3 Å². The third kappa shape index (κ3) is 3.14. The summed E-state index contributed by atoms with van der Waals surface area (Å²) in [6, 6.07) is 6.83. The first-order valence-electron chi connectivity index (χ1n) is 6.88. The van der Waals surface area contributed by atoms with Gasteiger partial charge >= 0.3 is 0 Å². The summed E-state index contributed by atoms with van der Waals surface area (Å²) in [5.74, 6) is 0.367. The molecule has 1 aliphatic heterocycles. The van der Waals surface area contributed by atoms with Gasteiger partial charge in [-0.25, -0.2) is 4.39 Å². The van der Waals surface area contributed by atoms with Gasteiger partial charge in [-0.1, -0.05) is 25.1 Å². The summed E-state index contributed by atoms with van der Waals surface area (Å²) in [5, 5.41) is 0. The van der Waals surface area contributed by atoms with Gasteiger partial charge in [0.05, 0.1) is 12.1 Å². The second kappa shape index (κ2) is 6.46. The fourth-order valence-corrected chi connectivity index (χ4v) is 2.87. The van der Waals surface area contributed by atoms with Crippen molar-refractivity contribution in [2.24, 2.45) is 11.7 Å². The zero-order valence-electron chi connectivity index (χ0n) is 11.7. The number of nitrogens with zero attached hydrogens (tertiary/aromatic N) is 1. The molecule has 0 saturated carbocycles. The SMILES string of the molecule is COC1CN(C(CN)c2ccccc2F)CCC1C. The van der Waals surface area contributed by atoms with Crippen LogP contribution in [0.25, 0.3) is 0 Å². The number of halogens is 1. The number of methoxy groups -OCH3 is 1. The summed E-state index contributed by atoms with van der Waals surface area (Å²) in [5.41, 5.74) is 6.57. The molecule has 2 N–H and O–H groups in total. The first-order valence-corrected chi connectivity index (χ1v) is 6.88. The maximum atomic E-state index is 13.9. The summed E-state index contributed by atoms with van der Waals surface area (Å²) < 4.78 is 19.4. The summed E-state index contributed by atoms with van der Waals surface area (Å²) in [6.07, 6.45) is 1.26. The second-order valence-corrected chi connectivity index (χ2v) is 5.31. The molecule has 1 aromatic rings. The Labute approximate surface area is 114 Å². The van der Waals surface area contributed by atoms with Gasteiger partial charge in [0.2, 0.25) is 0 Å². The van der Waals surface area contributed by atoms with Crippen LogP contribution >= 0.6 is 0 Å². The standard InChI is InChI=1S/C15H23FN2O/c1-11-7-8-18(10-15(11)19-2)14(9-17)12-5-3-4-6-13(12)16/h3-6,11,14-15H,7-10,17H2,1-2H3. The maximum absolute atomic E-state index is 13.9. The molecule has 19 heavy (non-hydrogen) atoms. The van der Waals surface area contributed by atoms with Crippen molar-refractivity contribution >= 4 is 0 Å². The van der Waals surface area contributed by atoms with Crippen LogP contribution in [0, 0.1) is 11.7 Å². The Kier molecular flexibility index (Phi) is 4.91. The van der Waals surface area contributed by atoms with Gasteiger partial charge in [-0.3, -0.25) is 4.90 Å². The van der Waals surface area contributed by atoms with Crippen LogP contribution in [-0.4, -0.2) is 37.7 Å². The van der Waals surface area contributed by atoms with Crippen LogP contribution in [0.4, 0.5) is 4.39 Å². The average molecular weight is 266 g/mol. The molecule has 1 aliphatic rings. The molecule has 0 spiro atoms. The maximum Gasteiger partial charge on any atom is 0.128 e. The van der Waals surface area contributed by atoms with E-state index in [1.54, 1.807) is 13.2 Å². The Morgan fingerprint density at radius 3 is 2.84 bits per heavy atom. The van der Waals surface area contributed by atoms with Crippen molar-refractivity contribution in [1.82, 2.24) is 4.90 Å². The lowest BCUT2D eigenvalue weighted by Gasteiger charge is -2.40. The fraction of sp³-hybridized carbons (Fsp3) is 0.600. The van der Waals surface area contributed by atoms with Crippen molar-refractivity contribution in [2.45, 2.75) is 25.5 Å². The molecule has 1 aromatic carbocycles. The molecular weight excluding hydrogens is 243 g/mol. The minimum Gasteiger partial charge on any atom is -0.380 e. The van der Waals surface area contributed by atoms with Crippen LogP contribution in [-0.2, 0) is 4.74 Å². The van der Waals surface area contributed by atoms with Gasteiger partial charge in [-0.15, -0.1) is 0 Å². The average Bonchev–Trinajstić information content (AvgIpc) is 2.43. The minimum atomic E-state index is -0.175. The first-order chi connectivity index (χ1) is 9.17. The van der Waals surface area contributed by atoms with Crippen LogP contribution < -0.4 is 5.73 Å². The predicted molar refractivity (Wildman–Crippen MR) is 74.3 cm³/mol. The van der Waals surface area contributed by atoms with Crippen LogP contribution in [0.1, 0.15) is 24.9 Å². The number of hydrogen-bond acceptors (Lipinski definition) is 3. The highest BCUT2D eigenvalue weighted by molar-refractivity contribution is 5.22. The van der Waals surface area contributed by atoms with Gasteiger partial charge in [0.1, 0.15) is 5.82 Å². The molecule has 1 saturated heterocycles. The minimum absolute atomic E-state index is 0.0636. The third-order valence-corrected chi connectivity index (χ3v) is 4.15. The molecule has 2 rings (SSSR count). The summed E-state index contributed by atoms with van der Waals surface area (Å²) in [6.45, 7) is 4.38. The number of ether oxygens (including phenoxy) is 1. The van der Waals surface area contributed by atoms with Crippen molar-refractivity contribution in [3.8, 4) is 0 Å². The molecule has 1 heterocycles. The molecule has 0 radical (unpaired) electrons. The lowest BCUT2D eigenvalue weighted by atomic mass is 9.93. The lowest BCUT2D eigenvalue weighted by molar-refractivity contribution is -0.0187. The van der Waals surface area contributed by atoms with Crippen LogP contribution in [0.5, 0.6) is 0 Å². The van der Waals surface area contributed by atoms with E-state index in [1.807, 2.05) is 12.1 Å². The largest absolute Gasteiger partial charge is 0.380 e. The smallest absolute Gasteiger partial charge is 0.128 e. The molecular formula is C15H23FN2O. The molecule has 3 nitrogen and oxygen atoms in total. The zero-order chi connectivity index (χ0) is 13.8. The van der Waals surface area contributed by atoms with E-state index in [4.69, 9.17) is 10.5 Å². The molecule has 4 heteroatoms. The Bertz CT molecular complexity index is 413. The monoisotopic (exact) mass is 266 g/mol. The Morgan fingerprint density at radius 1 is 1.47 bits per heavy atom. The molecule has 3 unspecified atom stereocenters. The van der Waals surface area contributed by atoms with Gasteiger partial charge in [-0.05, 0) is 24.9 Å². The van der Waals surface area contributed by atoms with E-state index in [-0.39, 0.29) is 18.0 Å². The number of benzene rings is 1. The molecule has 0 aromatic heterocycles. The highest BCUT2D eigenvalue weighted by Gasteiger charge is 2.31. The van der Waals surface area contributed by atoms with Crippen molar-refractivity contribution in [2.75, 3.05) is 26.7 Å². The van der Waals surface area contributed by atoms with Crippen molar-refractivity contribution in [1.29, 1.82) is 0 Å². The molecule has 0 bridgehead atoms. The van der Waals surface area contributed by atoms with Gasteiger partial charge < -0.3 is 10.5 Å². The van der Waals surface area contributed by atoms with Gasteiger partial charge in [0.25, 0.3) is 0 Å². The number of nitrogens with two attached hydrogens (primary N) is 1. The number of piperidine rings is 1. The van der Waals surface area contributed by atoms with E-state index in [9.17, 15) is 4.39 Å². The van der Waals surface area contributed by atoms with Crippen molar-refractivity contribution in [3.05, 3.63) is 35.6 Å². The quantitative estimate of drug-likeness (QED) is 0.908. The first kappa shape index (κ1) is 14.4. The van der Waals surface area contributed by atoms with Crippen molar-refractivity contribution < 1.29 is 9.13 Å². The van der Waals surface area contributed by atoms with Crippen molar-refractivity contribution in [3.63, 3.8) is 0 Å². The van der Waals surface area contributed by atoms with Gasteiger partial charge in [-0.2, -0.15) is 0 Å². The number of hydrogen-bond donors (Lipinski definition) is 1. The van der Waals surface area contributed by atoms with E-state index in [1.165, 1.54) is 6.07 Å². The summed E-state index contributed by atoms with van der Waals surface area (Å²) in [7, 11) is 1.74. The topological polar surface area (TPSA) is 38.5 Å².